The van der Waals surface area contributed by atoms with E-state index in [0.717, 1.165) is 0 Å². The summed E-state index contributed by atoms with van der Waals surface area (Å²) < 4.78 is 1.50. The topological polar surface area (TPSA) is 0 Å². The lowest BCUT2D eigenvalue weighted by Crippen LogP contribution is -2.24. The third-order valence-electron chi connectivity index (χ3n) is 6.21. The van der Waals surface area contributed by atoms with E-state index in [-0.39, 0.29) is 0 Å². The number of halogens is 1. The smallest absolute Gasteiger partial charge is 0.00211 e. The van der Waals surface area contributed by atoms with Crippen LogP contribution in [-0.4, -0.2) is 0 Å². The predicted molar refractivity (Wildman–Crippen MR) is 107 cm³/mol. The Bertz CT molecular complexity index is 721. The zero-order valence-electron chi connectivity index (χ0n) is 14.3. The highest BCUT2D eigenvalue weighted by atomic mass is 127. The molecule has 23 heavy (non-hydrogen) atoms. The summed E-state index contributed by atoms with van der Waals surface area (Å²) in [6.45, 7) is 7.27. The molecular weight excluding hydrogens is 391 g/mol. The van der Waals surface area contributed by atoms with Crippen molar-refractivity contribution in [1.82, 2.24) is 0 Å². The fraction of sp³-hybridized carbons (Fsp3) is 0.455. The van der Waals surface area contributed by atoms with Crippen LogP contribution < -0.4 is 0 Å². The molecule has 3 atom stereocenters. The minimum Gasteiger partial charge on any atom is -0.0814 e. The Labute approximate surface area is 154 Å². The Morgan fingerprint density at radius 3 is 2.65 bits per heavy atom. The predicted octanol–water partition coefficient (Wildman–Crippen LogP) is 6.69. The monoisotopic (exact) mass is 416 g/mol. The first kappa shape index (κ1) is 15.7. The van der Waals surface area contributed by atoms with Crippen LogP contribution in [0.15, 0.2) is 68.4 Å². The van der Waals surface area contributed by atoms with Crippen LogP contribution in [0.2, 0.25) is 0 Å². The molecule has 0 aromatic rings. The lowest BCUT2D eigenvalue weighted by Gasteiger charge is -2.34. The van der Waals surface area contributed by atoms with Gasteiger partial charge in [-0.25, -0.2) is 0 Å². The minimum absolute atomic E-state index is 0.297. The molecule has 0 N–H and O–H groups in total. The van der Waals surface area contributed by atoms with Crippen LogP contribution >= 0.6 is 22.6 Å². The van der Waals surface area contributed by atoms with Crippen molar-refractivity contribution < 1.29 is 0 Å². The molecule has 4 aliphatic carbocycles. The third kappa shape index (κ3) is 2.56. The number of allylic oxidation sites excluding steroid dienone is 12. The third-order valence-corrected chi connectivity index (χ3v) is 7.01. The second-order valence-corrected chi connectivity index (χ2v) is 9.47. The number of fused-ring (bicyclic) bond motifs is 2. The standard InChI is InChI=1S/C22H25I/c1-14-5-4-6-15(11-14)16-7-9-18-19-10-8-17(23)13-21(19)22(2,3)20(18)12-16/h4-10,14,16,21H,11-13H2,1-3H3/t14-,16?,21?/m0/s1. The average Bonchev–Trinajstić information content (AvgIpc) is 2.75. The van der Waals surface area contributed by atoms with E-state index in [9.17, 15) is 0 Å². The van der Waals surface area contributed by atoms with E-state index < -0.39 is 0 Å². The molecule has 0 radical (unpaired) electrons. The molecule has 0 spiro atoms. The highest BCUT2D eigenvalue weighted by Crippen LogP contribution is 2.58. The molecule has 0 fully saturated rings. The average molecular weight is 416 g/mol. The molecule has 120 valence electrons. The van der Waals surface area contributed by atoms with Crippen molar-refractivity contribution in [1.29, 1.82) is 0 Å². The first-order valence-corrected chi connectivity index (χ1v) is 9.90. The summed E-state index contributed by atoms with van der Waals surface area (Å²) in [5, 5.41) is 0. The van der Waals surface area contributed by atoms with Gasteiger partial charge in [-0.05, 0) is 73.8 Å². The van der Waals surface area contributed by atoms with Crippen LogP contribution in [0.25, 0.3) is 0 Å². The highest BCUT2D eigenvalue weighted by Gasteiger charge is 2.46. The lowest BCUT2D eigenvalue weighted by molar-refractivity contribution is 0.316. The van der Waals surface area contributed by atoms with E-state index in [0.29, 0.717) is 23.2 Å². The molecule has 2 unspecified atom stereocenters. The van der Waals surface area contributed by atoms with Gasteiger partial charge >= 0.3 is 0 Å². The number of hydrogen-bond donors (Lipinski definition) is 0. The summed E-state index contributed by atoms with van der Waals surface area (Å²) in [5.41, 5.74) is 6.76. The van der Waals surface area contributed by atoms with Crippen molar-refractivity contribution in [2.75, 3.05) is 0 Å². The van der Waals surface area contributed by atoms with Crippen molar-refractivity contribution in [2.45, 2.75) is 40.0 Å². The van der Waals surface area contributed by atoms with E-state index in [4.69, 9.17) is 0 Å². The van der Waals surface area contributed by atoms with Crippen LogP contribution in [0.4, 0.5) is 0 Å². The molecule has 0 aliphatic heterocycles. The lowest BCUT2D eigenvalue weighted by atomic mass is 9.70. The van der Waals surface area contributed by atoms with E-state index >= 15 is 0 Å². The molecule has 0 saturated carbocycles. The van der Waals surface area contributed by atoms with Crippen molar-refractivity contribution in [2.24, 2.45) is 23.2 Å². The van der Waals surface area contributed by atoms with Crippen LogP contribution in [0.3, 0.4) is 0 Å². The highest BCUT2D eigenvalue weighted by molar-refractivity contribution is 14.1. The Morgan fingerprint density at radius 1 is 1.04 bits per heavy atom. The van der Waals surface area contributed by atoms with Gasteiger partial charge in [0.25, 0.3) is 0 Å². The molecule has 1 heteroatoms. The Morgan fingerprint density at radius 2 is 1.87 bits per heavy atom. The van der Waals surface area contributed by atoms with Crippen LogP contribution in [0.1, 0.15) is 40.0 Å². The summed E-state index contributed by atoms with van der Waals surface area (Å²) in [5.74, 6) is 1.96. The van der Waals surface area contributed by atoms with Crippen molar-refractivity contribution in [3.8, 4) is 0 Å². The maximum Gasteiger partial charge on any atom is 0.00211 e. The van der Waals surface area contributed by atoms with Gasteiger partial charge in [0.15, 0.2) is 0 Å². The van der Waals surface area contributed by atoms with Crippen molar-refractivity contribution >= 4 is 22.6 Å². The molecular formula is C22H25I. The van der Waals surface area contributed by atoms with Gasteiger partial charge < -0.3 is 0 Å². The van der Waals surface area contributed by atoms with E-state index in [1.54, 1.807) is 22.3 Å². The first-order valence-electron chi connectivity index (χ1n) is 8.82. The number of rotatable bonds is 1. The SMILES string of the molecule is C[C@H]1C=CC=C(C2C=CC3=C(C2)C(C)(C)C2CC(I)=CC=C32)C1. The molecule has 0 amide bonds. The zero-order valence-corrected chi connectivity index (χ0v) is 16.4. The molecule has 4 rings (SSSR count). The number of hydrogen-bond acceptors (Lipinski definition) is 0. The van der Waals surface area contributed by atoms with Gasteiger partial charge in [-0.3, -0.25) is 0 Å². The molecule has 0 saturated heterocycles. The van der Waals surface area contributed by atoms with E-state index in [2.05, 4.69) is 85.9 Å². The molecule has 0 nitrogen and oxygen atoms in total. The molecule has 0 heterocycles. The second-order valence-electron chi connectivity index (χ2n) is 8.08. The summed E-state index contributed by atoms with van der Waals surface area (Å²) in [6.07, 6.45) is 20.2. The molecule has 0 aromatic heterocycles. The Hall–Kier alpha value is -0.830. The molecule has 0 bridgehead atoms. The van der Waals surface area contributed by atoms with Crippen molar-refractivity contribution in [3.05, 3.63) is 68.4 Å². The quantitative estimate of drug-likeness (QED) is 0.418. The van der Waals surface area contributed by atoms with Crippen LogP contribution in [-0.2, 0) is 0 Å². The maximum absolute atomic E-state index is 2.51. The van der Waals surface area contributed by atoms with E-state index in [1.807, 2.05) is 0 Å². The summed E-state index contributed by atoms with van der Waals surface area (Å²) in [6, 6.07) is 0. The fourth-order valence-electron chi connectivity index (χ4n) is 4.80. The summed E-state index contributed by atoms with van der Waals surface area (Å²) >= 11 is 2.51. The molecule has 4 aliphatic rings. The van der Waals surface area contributed by atoms with Gasteiger partial charge in [-0.2, -0.15) is 0 Å². The largest absolute Gasteiger partial charge is 0.0814 e. The first-order chi connectivity index (χ1) is 11.0. The van der Waals surface area contributed by atoms with Crippen LogP contribution in [0, 0.1) is 23.2 Å². The fourth-order valence-corrected chi connectivity index (χ4v) is 5.42. The molecule has 0 aromatic carbocycles. The van der Waals surface area contributed by atoms with Crippen molar-refractivity contribution in [3.63, 3.8) is 0 Å². The van der Waals surface area contributed by atoms with Gasteiger partial charge in [0.1, 0.15) is 0 Å². The van der Waals surface area contributed by atoms with E-state index in [1.165, 1.54) is 22.8 Å². The van der Waals surface area contributed by atoms with Crippen LogP contribution in [0.5, 0.6) is 0 Å². The van der Waals surface area contributed by atoms with Gasteiger partial charge in [-0.15, -0.1) is 0 Å². The zero-order chi connectivity index (χ0) is 16.2. The maximum atomic E-state index is 2.51. The Kier molecular flexibility index (Phi) is 3.83. The van der Waals surface area contributed by atoms with Gasteiger partial charge in [0, 0.05) is 5.92 Å². The minimum atomic E-state index is 0.297. The summed E-state index contributed by atoms with van der Waals surface area (Å²) in [7, 11) is 0. The summed E-state index contributed by atoms with van der Waals surface area (Å²) in [4.78, 5) is 0. The Balaban J connectivity index is 1.67. The normalized spacial score (nSPS) is 34.6. The van der Waals surface area contributed by atoms with Gasteiger partial charge in [-0.1, -0.05) is 74.4 Å². The van der Waals surface area contributed by atoms with Gasteiger partial charge in [0.2, 0.25) is 0 Å². The second kappa shape index (κ2) is 5.61. The van der Waals surface area contributed by atoms with Gasteiger partial charge in [0.05, 0.1) is 0 Å².